The van der Waals surface area contributed by atoms with Crippen molar-refractivity contribution in [3.05, 3.63) is 28.8 Å². The van der Waals surface area contributed by atoms with Crippen LogP contribution in [-0.4, -0.2) is 29.4 Å². The van der Waals surface area contributed by atoms with Gasteiger partial charge in [0.1, 0.15) is 12.4 Å². The first-order chi connectivity index (χ1) is 11.3. The van der Waals surface area contributed by atoms with Gasteiger partial charge in [-0.15, -0.1) is 0 Å². The lowest BCUT2D eigenvalue weighted by atomic mass is 9.78. The maximum absolute atomic E-state index is 11.9. The van der Waals surface area contributed by atoms with Crippen molar-refractivity contribution in [1.82, 2.24) is 0 Å². The summed E-state index contributed by atoms with van der Waals surface area (Å²) in [5.41, 5.74) is 2.54. The standard InChI is InChI=1S/C20H30O4/c1-20(2,3)17-12-14(13-18(22)24-10-9-21)11-16(19(17)23)15-7-5-4-6-8-15/h11-12,15,21,23H,4-10,13H2,1-3H3. The molecular weight excluding hydrogens is 304 g/mol. The van der Waals surface area contributed by atoms with Crippen molar-refractivity contribution < 1.29 is 19.7 Å². The van der Waals surface area contributed by atoms with Crippen molar-refractivity contribution >= 4 is 5.97 Å². The zero-order valence-electron chi connectivity index (χ0n) is 15.1. The Morgan fingerprint density at radius 2 is 1.88 bits per heavy atom. The van der Waals surface area contributed by atoms with Crippen molar-refractivity contribution in [1.29, 1.82) is 0 Å². The molecule has 0 radical (unpaired) electrons. The number of phenols is 1. The molecule has 0 aromatic heterocycles. The monoisotopic (exact) mass is 334 g/mol. The van der Waals surface area contributed by atoms with Crippen molar-refractivity contribution in [3.63, 3.8) is 0 Å². The molecule has 0 bridgehead atoms. The molecule has 0 atom stereocenters. The van der Waals surface area contributed by atoms with Crippen LogP contribution in [0.4, 0.5) is 0 Å². The summed E-state index contributed by atoms with van der Waals surface area (Å²) in [7, 11) is 0. The molecule has 1 aliphatic carbocycles. The highest BCUT2D eigenvalue weighted by molar-refractivity contribution is 5.73. The smallest absolute Gasteiger partial charge is 0.310 e. The first-order valence-electron chi connectivity index (χ1n) is 8.95. The molecule has 0 heterocycles. The first-order valence-corrected chi connectivity index (χ1v) is 8.95. The number of carbonyl (C=O) groups is 1. The molecule has 2 rings (SSSR count). The summed E-state index contributed by atoms with van der Waals surface area (Å²) in [4.78, 5) is 11.9. The normalized spacial score (nSPS) is 16.2. The van der Waals surface area contributed by atoms with Gasteiger partial charge in [0.15, 0.2) is 0 Å². The van der Waals surface area contributed by atoms with Crippen LogP contribution in [0.2, 0.25) is 0 Å². The quantitative estimate of drug-likeness (QED) is 0.804. The molecule has 0 aliphatic heterocycles. The molecule has 2 N–H and O–H groups in total. The van der Waals surface area contributed by atoms with Gasteiger partial charge in [-0.3, -0.25) is 4.79 Å². The van der Waals surface area contributed by atoms with E-state index in [-0.39, 0.29) is 31.0 Å². The Kier molecular flexibility index (Phi) is 6.27. The van der Waals surface area contributed by atoms with Crippen LogP contribution in [0.1, 0.15) is 75.5 Å². The van der Waals surface area contributed by atoms with E-state index in [1.165, 1.54) is 19.3 Å². The number of esters is 1. The minimum Gasteiger partial charge on any atom is -0.507 e. The van der Waals surface area contributed by atoms with Gasteiger partial charge in [-0.05, 0) is 40.9 Å². The molecule has 0 saturated heterocycles. The number of hydrogen-bond donors (Lipinski definition) is 2. The number of benzene rings is 1. The lowest BCUT2D eigenvalue weighted by Crippen LogP contribution is -2.16. The van der Waals surface area contributed by atoms with Crippen LogP contribution in [0, 0.1) is 0 Å². The van der Waals surface area contributed by atoms with E-state index in [2.05, 4.69) is 20.8 Å². The lowest BCUT2D eigenvalue weighted by Gasteiger charge is -2.28. The Bertz CT molecular complexity index is 566. The van der Waals surface area contributed by atoms with Gasteiger partial charge in [-0.25, -0.2) is 0 Å². The summed E-state index contributed by atoms with van der Waals surface area (Å²) in [5.74, 6) is 0.416. The number of aliphatic hydroxyl groups is 1. The molecule has 4 nitrogen and oxygen atoms in total. The Labute approximate surface area is 144 Å². The van der Waals surface area contributed by atoms with E-state index in [1.807, 2.05) is 12.1 Å². The van der Waals surface area contributed by atoms with E-state index >= 15 is 0 Å². The summed E-state index contributed by atoms with van der Waals surface area (Å²) in [6.07, 6.45) is 6.00. The molecule has 0 amide bonds. The molecule has 1 saturated carbocycles. The largest absolute Gasteiger partial charge is 0.507 e. The summed E-state index contributed by atoms with van der Waals surface area (Å²) in [6, 6.07) is 3.89. The van der Waals surface area contributed by atoms with Gasteiger partial charge >= 0.3 is 5.97 Å². The zero-order valence-corrected chi connectivity index (χ0v) is 15.1. The van der Waals surface area contributed by atoms with Crippen LogP contribution >= 0.6 is 0 Å². The summed E-state index contributed by atoms with van der Waals surface area (Å²) < 4.78 is 4.98. The number of carbonyl (C=O) groups excluding carboxylic acids is 1. The van der Waals surface area contributed by atoms with Crippen LogP contribution in [0.5, 0.6) is 5.75 Å². The van der Waals surface area contributed by atoms with Crippen LogP contribution in [0.15, 0.2) is 12.1 Å². The Balaban J connectivity index is 2.34. The fraction of sp³-hybridized carbons (Fsp3) is 0.650. The molecule has 1 aromatic carbocycles. The third-order valence-electron chi connectivity index (χ3n) is 4.75. The predicted molar refractivity (Wildman–Crippen MR) is 94.4 cm³/mol. The average Bonchev–Trinajstić information content (AvgIpc) is 2.54. The third-order valence-corrected chi connectivity index (χ3v) is 4.75. The van der Waals surface area contributed by atoms with Crippen LogP contribution < -0.4 is 0 Å². The van der Waals surface area contributed by atoms with Crippen molar-refractivity contribution in [3.8, 4) is 5.75 Å². The van der Waals surface area contributed by atoms with E-state index in [0.29, 0.717) is 11.7 Å². The van der Waals surface area contributed by atoms with Gasteiger partial charge < -0.3 is 14.9 Å². The van der Waals surface area contributed by atoms with Crippen molar-refractivity contribution in [2.75, 3.05) is 13.2 Å². The van der Waals surface area contributed by atoms with Crippen LogP contribution in [0.3, 0.4) is 0 Å². The number of aliphatic hydroxyl groups excluding tert-OH is 1. The molecule has 0 spiro atoms. The van der Waals surface area contributed by atoms with E-state index in [9.17, 15) is 9.90 Å². The maximum atomic E-state index is 11.9. The summed E-state index contributed by atoms with van der Waals surface area (Å²) in [5, 5.41) is 19.6. The highest BCUT2D eigenvalue weighted by Crippen LogP contribution is 2.42. The minimum atomic E-state index is -0.343. The molecule has 4 heteroatoms. The van der Waals surface area contributed by atoms with E-state index in [1.54, 1.807) is 0 Å². The summed E-state index contributed by atoms with van der Waals surface area (Å²) in [6.45, 7) is 6.07. The van der Waals surface area contributed by atoms with Gasteiger partial charge in [0, 0.05) is 0 Å². The van der Waals surface area contributed by atoms with Crippen molar-refractivity contribution in [2.45, 2.75) is 70.6 Å². The van der Waals surface area contributed by atoms with Gasteiger partial charge in [0.05, 0.1) is 13.0 Å². The van der Waals surface area contributed by atoms with Crippen LogP contribution in [0.25, 0.3) is 0 Å². The molecule has 1 aromatic rings. The number of aromatic hydroxyl groups is 1. The van der Waals surface area contributed by atoms with Gasteiger partial charge in [0.25, 0.3) is 0 Å². The number of ether oxygens (including phenoxy) is 1. The van der Waals surface area contributed by atoms with Gasteiger partial charge in [0.2, 0.25) is 0 Å². The summed E-state index contributed by atoms with van der Waals surface area (Å²) >= 11 is 0. The van der Waals surface area contributed by atoms with Crippen LogP contribution in [-0.2, 0) is 21.4 Å². The Hall–Kier alpha value is -1.55. The SMILES string of the molecule is CC(C)(C)c1cc(CC(=O)OCCO)cc(C2CCCCC2)c1O. The van der Waals surface area contributed by atoms with Crippen molar-refractivity contribution in [2.24, 2.45) is 0 Å². The zero-order chi connectivity index (χ0) is 17.7. The second-order valence-corrected chi connectivity index (χ2v) is 7.79. The van der Waals surface area contributed by atoms with E-state index < -0.39 is 0 Å². The molecule has 134 valence electrons. The number of rotatable bonds is 5. The second kappa shape index (κ2) is 8.02. The highest BCUT2D eigenvalue weighted by Gasteiger charge is 2.26. The molecule has 1 fully saturated rings. The topological polar surface area (TPSA) is 66.8 Å². The molecule has 1 aliphatic rings. The Morgan fingerprint density at radius 1 is 1.21 bits per heavy atom. The second-order valence-electron chi connectivity index (χ2n) is 7.79. The highest BCUT2D eigenvalue weighted by atomic mass is 16.5. The minimum absolute atomic E-state index is 0.0263. The van der Waals surface area contributed by atoms with E-state index in [0.717, 1.165) is 29.5 Å². The molecule has 24 heavy (non-hydrogen) atoms. The number of phenolic OH excluding ortho intramolecular Hbond substituents is 1. The molecule has 0 unspecified atom stereocenters. The third kappa shape index (κ3) is 4.73. The predicted octanol–water partition coefficient (Wildman–Crippen LogP) is 3.82. The first kappa shape index (κ1) is 18.8. The van der Waals surface area contributed by atoms with Gasteiger partial charge in [-0.1, -0.05) is 52.2 Å². The molecular formula is C20H30O4. The lowest BCUT2D eigenvalue weighted by molar-refractivity contribution is -0.143. The maximum Gasteiger partial charge on any atom is 0.310 e. The number of hydrogen-bond acceptors (Lipinski definition) is 4. The fourth-order valence-electron chi connectivity index (χ4n) is 3.49. The average molecular weight is 334 g/mol. The van der Waals surface area contributed by atoms with E-state index in [4.69, 9.17) is 9.84 Å². The Morgan fingerprint density at radius 3 is 2.46 bits per heavy atom. The van der Waals surface area contributed by atoms with Gasteiger partial charge in [-0.2, -0.15) is 0 Å². The fourth-order valence-corrected chi connectivity index (χ4v) is 3.49.